The monoisotopic (exact) mass is 264 g/mol. The van der Waals surface area contributed by atoms with E-state index in [2.05, 4.69) is 0 Å². The van der Waals surface area contributed by atoms with Crippen molar-refractivity contribution in [2.75, 3.05) is 7.05 Å². The molecular weight excluding hydrogens is 254 g/mol. The lowest BCUT2D eigenvalue weighted by Gasteiger charge is -2.23. The fourth-order valence-electron chi connectivity index (χ4n) is 1.96. The van der Waals surface area contributed by atoms with E-state index in [9.17, 15) is 14.4 Å². The van der Waals surface area contributed by atoms with Crippen molar-refractivity contribution < 1.29 is 14.4 Å². The molecule has 0 aliphatic carbocycles. The van der Waals surface area contributed by atoms with Gasteiger partial charge >= 0.3 is 11.8 Å². The summed E-state index contributed by atoms with van der Waals surface area (Å²) in [6.07, 6.45) is 1.34. The molecule has 1 aliphatic heterocycles. The van der Waals surface area contributed by atoms with Crippen LogP contribution < -0.4 is 4.48 Å². The zero-order valence-corrected chi connectivity index (χ0v) is 10.7. The van der Waals surface area contributed by atoms with Crippen LogP contribution in [0.25, 0.3) is 0 Å². The van der Waals surface area contributed by atoms with Gasteiger partial charge in [0.15, 0.2) is 0 Å². The highest BCUT2D eigenvalue weighted by Gasteiger charge is 2.47. The topological polar surface area (TPSA) is 51.2 Å². The van der Waals surface area contributed by atoms with Crippen LogP contribution in [-0.4, -0.2) is 24.1 Å². The summed E-state index contributed by atoms with van der Waals surface area (Å²) < 4.78 is -0.428. The number of hydrogen-bond donors (Lipinski definition) is 0. The van der Waals surface area contributed by atoms with E-state index in [1.165, 1.54) is 25.3 Å². The largest absolute Gasteiger partial charge is 0.354 e. The zero-order valence-electron chi connectivity index (χ0n) is 9.94. The van der Waals surface area contributed by atoms with Gasteiger partial charge in [-0.1, -0.05) is 0 Å². The van der Waals surface area contributed by atoms with Crippen LogP contribution in [-0.2, 0) is 9.59 Å². The van der Waals surface area contributed by atoms with Gasteiger partial charge in [0.25, 0.3) is 5.24 Å². The first-order valence-electron chi connectivity index (χ1n) is 5.32. The molecule has 5 heteroatoms. The summed E-state index contributed by atoms with van der Waals surface area (Å²) in [5.41, 5.74) is 1.27. The number of carbonyl (C=O) groups excluding carboxylic acids is 3. The molecule has 0 spiro atoms. The quantitative estimate of drug-likeness (QED) is 0.466. The Morgan fingerprint density at radius 2 is 1.72 bits per heavy atom. The fraction of sp³-hybridized carbons (Fsp3) is 0.154. The van der Waals surface area contributed by atoms with E-state index in [1.54, 1.807) is 19.1 Å². The Labute approximate surface area is 109 Å². The molecule has 0 N–H and O–H groups in total. The van der Waals surface area contributed by atoms with Gasteiger partial charge in [-0.2, -0.15) is 4.48 Å². The smallest absolute Gasteiger partial charge is 0.276 e. The molecular formula is C13H11ClNO3+. The molecule has 4 nitrogen and oxygen atoms in total. The Kier molecular flexibility index (Phi) is 2.92. The van der Waals surface area contributed by atoms with Crippen molar-refractivity contribution in [3.63, 3.8) is 0 Å². The van der Waals surface area contributed by atoms with Crippen LogP contribution in [0.4, 0.5) is 5.69 Å². The Balaban J connectivity index is 2.46. The second kappa shape index (κ2) is 4.15. The van der Waals surface area contributed by atoms with E-state index in [-0.39, 0.29) is 11.8 Å². The molecule has 0 fully saturated rings. The molecule has 1 unspecified atom stereocenters. The minimum Gasteiger partial charge on any atom is -0.276 e. The van der Waals surface area contributed by atoms with E-state index in [4.69, 9.17) is 11.6 Å². The van der Waals surface area contributed by atoms with Crippen LogP contribution in [0.3, 0.4) is 0 Å². The van der Waals surface area contributed by atoms with Gasteiger partial charge in [0.2, 0.25) is 0 Å². The van der Waals surface area contributed by atoms with E-state index < -0.39 is 9.73 Å². The van der Waals surface area contributed by atoms with Crippen LogP contribution in [0.15, 0.2) is 35.9 Å². The lowest BCUT2D eigenvalue weighted by atomic mass is 10.2. The van der Waals surface area contributed by atoms with Crippen LogP contribution >= 0.6 is 11.6 Å². The van der Waals surface area contributed by atoms with Crippen molar-refractivity contribution in [3.8, 4) is 0 Å². The molecule has 2 rings (SSSR count). The summed E-state index contributed by atoms with van der Waals surface area (Å²) in [4.78, 5) is 34.9. The number of likely N-dealkylation sites (N-methyl/N-ethyl adjacent to an activating group) is 1. The predicted octanol–water partition coefficient (Wildman–Crippen LogP) is 2.02. The van der Waals surface area contributed by atoms with Crippen molar-refractivity contribution >= 4 is 34.3 Å². The average molecular weight is 265 g/mol. The highest BCUT2D eigenvalue weighted by molar-refractivity contribution is 6.67. The Morgan fingerprint density at radius 3 is 2.11 bits per heavy atom. The van der Waals surface area contributed by atoms with Crippen LogP contribution in [0.1, 0.15) is 17.3 Å². The highest BCUT2D eigenvalue weighted by atomic mass is 35.5. The first-order chi connectivity index (χ1) is 8.37. The number of rotatable bonds is 2. The predicted molar refractivity (Wildman–Crippen MR) is 68.1 cm³/mol. The third-order valence-corrected chi connectivity index (χ3v) is 3.35. The Hall–Kier alpha value is -1.78. The van der Waals surface area contributed by atoms with Crippen molar-refractivity contribution in [1.82, 2.24) is 4.48 Å². The minimum absolute atomic E-state index is 0.259. The summed E-state index contributed by atoms with van der Waals surface area (Å²) in [5.74, 6) is -0.549. The van der Waals surface area contributed by atoms with Crippen molar-refractivity contribution in [3.05, 3.63) is 41.5 Å². The Morgan fingerprint density at radius 1 is 1.17 bits per heavy atom. The normalized spacial score (nSPS) is 23.2. The van der Waals surface area contributed by atoms with E-state index in [1.807, 2.05) is 0 Å². The molecule has 1 atom stereocenters. The second-order valence-corrected chi connectivity index (χ2v) is 4.64. The average Bonchev–Trinajstić information content (AvgIpc) is 2.54. The summed E-state index contributed by atoms with van der Waals surface area (Å²) in [6, 6.07) is 6.14. The lowest BCUT2D eigenvalue weighted by molar-refractivity contribution is -0.134. The number of carbonyl (C=O) groups is 3. The van der Waals surface area contributed by atoms with E-state index in [0.717, 1.165) is 0 Å². The Bertz CT molecular complexity index is 589. The molecule has 0 radical (unpaired) electrons. The molecule has 1 aromatic rings. The number of hydrogen-bond acceptors (Lipinski definition) is 3. The number of amides is 2. The number of halogens is 1. The van der Waals surface area contributed by atoms with Gasteiger partial charge in [-0.05, 0) is 30.7 Å². The highest BCUT2D eigenvalue weighted by Crippen LogP contribution is 2.29. The number of nitrogens with zero attached hydrogens (tertiary/aromatic N) is 1. The van der Waals surface area contributed by atoms with Crippen LogP contribution in [0.5, 0.6) is 0 Å². The van der Waals surface area contributed by atoms with Gasteiger partial charge in [-0.3, -0.25) is 4.79 Å². The molecule has 18 heavy (non-hydrogen) atoms. The maximum absolute atomic E-state index is 12.0. The molecule has 0 saturated carbocycles. The van der Waals surface area contributed by atoms with Crippen LogP contribution in [0, 0.1) is 0 Å². The molecule has 1 aliphatic rings. The molecule has 0 aromatic heterocycles. The summed E-state index contributed by atoms with van der Waals surface area (Å²) in [6.45, 7) is 1.61. The zero-order chi connectivity index (χ0) is 13.5. The van der Waals surface area contributed by atoms with E-state index in [0.29, 0.717) is 16.8 Å². The number of imide groups is 1. The second-order valence-electron chi connectivity index (χ2n) is 4.30. The first-order valence-corrected chi connectivity index (χ1v) is 5.70. The SMILES string of the molecule is CC1=CC(=O)[N+](C)(c2ccc(C(=O)Cl)cc2)C1=O. The number of quaternary nitrogens is 1. The molecule has 0 bridgehead atoms. The van der Waals surface area contributed by atoms with Crippen molar-refractivity contribution in [2.45, 2.75) is 6.92 Å². The molecule has 1 heterocycles. The van der Waals surface area contributed by atoms with E-state index >= 15 is 0 Å². The van der Waals surface area contributed by atoms with Gasteiger partial charge in [0.05, 0.1) is 18.7 Å². The molecule has 1 aromatic carbocycles. The molecule has 0 saturated heterocycles. The van der Waals surface area contributed by atoms with Gasteiger partial charge in [-0.15, -0.1) is 0 Å². The third-order valence-electron chi connectivity index (χ3n) is 3.13. The van der Waals surface area contributed by atoms with Gasteiger partial charge < -0.3 is 0 Å². The van der Waals surface area contributed by atoms with Gasteiger partial charge in [0.1, 0.15) is 5.69 Å². The standard InChI is InChI=1S/C13H11ClNO3/c1-8-7-11(16)15(2,13(8)18)10-5-3-9(4-6-10)12(14)17/h3-7H,1-2H3/q+1. The molecule has 92 valence electrons. The lowest BCUT2D eigenvalue weighted by Crippen LogP contribution is -2.51. The minimum atomic E-state index is -0.572. The first kappa shape index (κ1) is 12.7. The summed E-state index contributed by atoms with van der Waals surface area (Å²) in [5, 5.41) is -0.572. The molecule has 2 amide bonds. The van der Waals surface area contributed by atoms with Gasteiger partial charge in [0, 0.05) is 17.7 Å². The fourth-order valence-corrected chi connectivity index (χ4v) is 2.09. The van der Waals surface area contributed by atoms with Crippen LogP contribution in [0.2, 0.25) is 0 Å². The van der Waals surface area contributed by atoms with Gasteiger partial charge in [-0.25, -0.2) is 9.59 Å². The number of benzene rings is 1. The maximum Gasteiger partial charge on any atom is 0.354 e. The summed E-state index contributed by atoms with van der Waals surface area (Å²) in [7, 11) is 1.54. The van der Waals surface area contributed by atoms with Crippen molar-refractivity contribution in [1.29, 1.82) is 0 Å². The van der Waals surface area contributed by atoms with Crippen molar-refractivity contribution in [2.24, 2.45) is 0 Å². The third kappa shape index (κ3) is 1.70. The summed E-state index contributed by atoms with van der Waals surface area (Å²) >= 11 is 5.34. The maximum atomic E-state index is 12.0.